The first-order chi connectivity index (χ1) is 15.1. The number of rotatable bonds is 5. The van der Waals surface area contributed by atoms with Crippen molar-refractivity contribution in [3.05, 3.63) is 82.4 Å². The van der Waals surface area contributed by atoms with Crippen molar-refractivity contribution in [1.29, 1.82) is 5.26 Å². The molecule has 0 fully saturated rings. The van der Waals surface area contributed by atoms with Crippen LogP contribution in [0, 0.1) is 11.3 Å². The summed E-state index contributed by atoms with van der Waals surface area (Å²) in [6.07, 6.45) is 0.908. The van der Waals surface area contributed by atoms with Crippen LogP contribution in [0.5, 0.6) is 11.5 Å². The Bertz CT molecular complexity index is 1110. The highest BCUT2D eigenvalue weighted by molar-refractivity contribution is 6.00. The molecule has 0 spiro atoms. The fourth-order valence-electron chi connectivity index (χ4n) is 4.34. The monoisotopic (exact) mass is 416 g/mol. The molecule has 0 saturated carbocycles. The minimum Gasteiger partial charge on any atom is -0.493 e. The third-order valence-corrected chi connectivity index (χ3v) is 5.75. The predicted octanol–water partition coefficient (Wildman–Crippen LogP) is 4.30. The van der Waals surface area contributed by atoms with E-state index in [4.69, 9.17) is 19.9 Å². The molecule has 6 nitrogen and oxygen atoms in total. The number of Topliss-reactive ketones (excluding diaryl/α,β-unsaturated/α-hetero) is 1. The molecule has 0 radical (unpaired) electrons. The SMILES string of the molecule is CCOc1cc([C@H]2C(C#N)=C(N)OC3=C2C(=O)C[C@@H](c2ccccc2)C3)ccc1OC. The lowest BCUT2D eigenvalue weighted by Crippen LogP contribution is -2.29. The third kappa shape index (κ3) is 3.75. The largest absolute Gasteiger partial charge is 0.493 e. The van der Waals surface area contributed by atoms with Crippen molar-refractivity contribution in [3.8, 4) is 17.6 Å². The number of benzene rings is 2. The molecule has 0 unspecified atom stereocenters. The average Bonchev–Trinajstić information content (AvgIpc) is 2.78. The van der Waals surface area contributed by atoms with Crippen molar-refractivity contribution in [2.75, 3.05) is 13.7 Å². The van der Waals surface area contributed by atoms with Gasteiger partial charge in [-0.15, -0.1) is 0 Å². The van der Waals surface area contributed by atoms with Crippen LogP contribution in [0.15, 0.2) is 71.3 Å². The molecule has 0 amide bonds. The minimum atomic E-state index is -0.594. The molecular formula is C25H24N2O4. The number of nitrogens with zero attached hydrogens (tertiary/aromatic N) is 1. The van der Waals surface area contributed by atoms with Crippen LogP contribution in [0.4, 0.5) is 0 Å². The van der Waals surface area contributed by atoms with Gasteiger partial charge in [0.15, 0.2) is 17.3 Å². The molecule has 158 valence electrons. The summed E-state index contributed by atoms with van der Waals surface area (Å²) >= 11 is 0. The molecule has 0 saturated heterocycles. The zero-order chi connectivity index (χ0) is 22.0. The second-order valence-electron chi connectivity index (χ2n) is 7.54. The van der Waals surface area contributed by atoms with Crippen molar-refractivity contribution in [2.45, 2.75) is 31.6 Å². The van der Waals surface area contributed by atoms with Crippen LogP contribution in [0.25, 0.3) is 0 Å². The summed E-state index contributed by atoms with van der Waals surface area (Å²) in [6, 6.07) is 17.5. The number of methoxy groups -OCH3 is 1. The number of nitriles is 1. The first-order valence-corrected chi connectivity index (χ1v) is 10.3. The summed E-state index contributed by atoms with van der Waals surface area (Å²) in [5.74, 6) is 1.11. The Morgan fingerprint density at radius 3 is 2.58 bits per heavy atom. The van der Waals surface area contributed by atoms with E-state index in [0.29, 0.717) is 42.3 Å². The molecule has 2 aliphatic rings. The number of carbonyl (C=O) groups excluding carboxylic acids is 1. The lowest BCUT2D eigenvalue weighted by molar-refractivity contribution is -0.117. The van der Waals surface area contributed by atoms with Crippen LogP contribution in [-0.2, 0) is 9.53 Å². The molecule has 2 aromatic carbocycles. The van der Waals surface area contributed by atoms with Crippen molar-refractivity contribution in [3.63, 3.8) is 0 Å². The van der Waals surface area contributed by atoms with Crippen LogP contribution >= 0.6 is 0 Å². The number of hydrogen-bond acceptors (Lipinski definition) is 6. The summed E-state index contributed by atoms with van der Waals surface area (Å²) in [4.78, 5) is 13.3. The molecule has 1 aliphatic carbocycles. The number of nitrogens with two attached hydrogens (primary N) is 1. The van der Waals surface area contributed by atoms with E-state index in [2.05, 4.69) is 6.07 Å². The van der Waals surface area contributed by atoms with Gasteiger partial charge >= 0.3 is 0 Å². The van der Waals surface area contributed by atoms with Crippen molar-refractivity contribution < 1.29 is 19.0 Å². The molecule has 0 aromatic heterocycles. The van der Waals surface area contributed by atoms with Crippen LogP contribution in [0.2, 0.25) is 0 Å². The molecule has 2 N–H and O–H groups in total. The van der Waals surface area contributed by atoms with E-state index in [9.17, 15) is 10.1 Å². The van der Waals surface area contributed by atoms with Gasteiger partial charge in [0.2, 0.25) is 5.88 Å². The standard InChI is InChI=1S/C25H24N2O4/c1-3-30-21-12-16(9-10-20(21)29-2)23-18(14-26)25(27)31-22-13-17(11-19(28)24(22)23)15-7-5-4-6-8-15/h4-10,12,17,23H,3,11,13,27H2,1-2H3/t17-,23+/m1/s1. The van der Waals surface area contributed by atoms with E-state index in [1.54, 1.807) is 13.2 Å². The summed E-state index contributed by atoms with van der Waals surface area (Å²) in [7, 11) is 1.57. The molecular weight excluding hydrogens is 392 g/mol. The van der Waals surface area contributed by atoms with Crippen LogP contribution in [-0.4, -0.2) is 19.5 Å². The molecule has 4 rings (SSSR count). The fraction of sp³-hybridized carbons (Fsp3) is 0.280. The smallest absolute Gasteiger partial charge is 0.205 e. The van der Waals surface area contributed by atoms with E-state index < -0.39 is 5.92 Å². The van der Waals surface area contributed by atoms with Gasteiger partial charge in [-0.25, -0.2) is 0 Å². The van der Waals surface area contributed by atoms with Gasteiger partial charge in [0.25, 0.3) is 0 Å². The zero-order valence-corrected chi connectivity index (χ0v) is 17.6. The molecule has 6 heteroatoms. The predicted molar refractivity (Wildman–Crippen MR) is 115 cm³/mol. The average molecular weight is 416 g/mol. The lowest BCUT2D eigenvalue weighted by atomic mass is 9.73. The van der Waals surface area contributed by atoms with Gasteiger partial charge < -0.3 is 19.9 Å². The number of ether oxygens (including phenoxy) is 3. The maximum atomic E-state index is 13.3. The first kappa shape index (κ1) is 20.5. The van der Waals surface area contributed by atoms with Crippen molar-refractivity contribution >= 4 is 5.78 Å². The van der Waals surface area contributed by atoms with E-state index in [0.717, 1.165) is 11.1 Å². The topological polar surface area (TPSA) is 94.6 Å². The lowest BCUT2D eigenvalue weighted by Gasteiger charge is -2.34. The highest BCUT2D eigenvalue weighted by Gasteiger charge is 2.41. The Morgan fingerprint density at radius 2 is 1.90 bits per heavy atom. The first-order valence-electron chi connectivity index (χ1n) is 10.3. The van der Waals surface area contributed by atoms with Crippen LogP contribution < -0.4 is 15.2 Å². The fourth-order valence-corrected chi connectivity index (χ4v) is 4.34. The highest BCUT2D eigenvalue weighted by atomic mass is 16.5. The zero-order valence-electron chi connectivity index (χ0n) is 17.6. The number of hydrogen-bond donors (Lipinski definition) is 1. The van der Waals surface area contributed by atoms with Gasteiger partial charge in [-0.3, -0.25) is 4.79 Å². The summed E-state index contributed by atoms with van der Waals surface area (Å²) < 4.78 is 16.9. The van der Waals surface area contributed by atoms with Crippen molar-refractivity contribution in [1.82, 2.24) is 0 Å². The summed E-state index contributed by atoms with van der Waals surface area (Å²) in [6.45, 7) is 2.34. The quantitative estimate of drug-likeness (QED) is 0.781. The second-order valence-corrected chi connectivity index (χ2v) is 7.54. The van der Waals surface area contributed by atoms with Gasteiger partial charge in [-0.1, -0.05) is 36.4 Å². The molecule has 31 heavy (non-hydrogen) atoms. The maximum Gasteiger partial charge on any atom is 0.205 e. The van der Waals surface area contributed by atoms with Gasteiger partial charge in [0, 0.05) is 18.4 Å². The normalized spacial score (nSPS) is 20.6. The molecule has 2 aromatic rings. The maximum absolute atomic E-state index is 13.3. The molecule has 1 heterocycles. The number of ketones is 1. The number of carbonyl (C=O) groups is 1. The minimum absolute atomic E-state index is 0.0133. The van der Waals surface area contributed by atoms with Crippen LogP contribution in [0.1, 0.15) is 42.7 Å². The Balaban J connectivity index is 1.80. The van der Waals surface area contributed by atoms with Gasteiger partial charge in [0.1, 0.15) is 17.4 Å². The summed E-state index contributed by atoms with van der Waals surface area (Å²) in [5.41, 5.74) is 8.70. The Hall–Kier alpha value is -3.72. The van der Waals surface area contributed by atoms with Crippen LogP contribution in [0.3, 0.4) is 0 Å². The van der Waals surface area contributed by atoms with E-state index >= 15 is 0 Å². The Labute approximate surface area is 181 Å². The van der Waals surface area contributed by atoms with E-state index in [1.165, 1.54) is 0 Å². The summed E-state index contributed by atoms with van der Waals surface area (Å²) in [5, 5.41) is 9.82. The van der Waals surface area contributed by atoms with E-state index in [1.807, 2.05) is 49.4 Å². The van der Waals surface area contributed by atoms with Gasteiger partial charge in [-0.05, 0) is 36.1 Å². The van der Waals surface area contributed by atoms with Gasteiger partial charge in [0.05, 0.1) is 19.6 Å². The van der Waals surface area contributed by atoms with E-state index in [-0.39, 0.29) is 23.2 Å². The molecule has 0 bridgehead atoms. The molecule has 1 aliphatic heterocycles. The third-order valence-electron chi connectivity index (χ3n) is 5.75. The van der Waals surface area contributed by atoms with Gasteiger partial charge in [-0.2, -0.15) is 5.26 Å². The Kier molecular flexibility index (Phi) is 5.68. The second kappa shape index (κ2) is 8.57. The Morgan fingerprint density at radius 1 is 1.13 bits per heavy atom. The van der Waals surface area contributed by atoms with Crippen molar-refractivity contribution in [2.24, 2.45) is 5.73 Å². The molecule has 2 atom stereocenters. The number of allylic oxidation sites excluding steroid dienone is 3. The highest BCUT2D eigenvalue weighted by Crippen LogP contribution is 2.47.